The van der Waals surface area contributed by atoms with Crippen molar-refractivity contribution in [2.45, 2.75) is 9.79 Å². The Morgan fingerprint density at radius 1 is 1.06 bits per heavy atom. The summed E-state index contributed by atoms with van der Waals surface area (Å²) in [4.78, 5) is 5.31. The van der Waals surface area contributed by atoms with Crippen LogP contribution in [0.5, 0.6) is 0 Å². The van der Waals surface area contributed by atoms with E-state index >= 15 is 0 Å². The quantitative estimate of drug-likeness (QED) is 0.684. The Hall–Kier alpha value is -1.26. The molecule has 4 heteroatoms. The van der Waals surface area contributed by atoms with Gasteiger partial charge in [0.1, 0.15) is 5.82 Å². The zero-order valence-corrected chi connectivity index (χ0v) is 11.7. The van der Waals surface area contributed by atoms with Crippen molar-refractivity contribution in [3.8, 4) is 0 Å². The molecule has 0 radical (unpaired) electrons. The van der Waals surface area contributed by atoms with Gasteiger partial charge >= 0.3 is 0 Å². The summed E-state index contributed by atoms with van der Waals surface area (Å²) in [5, 5.41) is 0.919. The van der Waals surface area contributed by atoms with Crippen LogP contribution in [0.1, 0.15) is 0 Å². The number of nitrogens with one attached hydrogen (secondary N) is 1. The van der Waals surface area contributed by atoms with Crippen LogP contribution in [0.3, 0.4) is 0 Å². The first-order chi connectivity index (χ1) is 8.72. The van der Waals surface area contributed by atoms with Gasteiger partial charge < -0.3 is 4.98 Å². The van der Waals surface area contributed by atoms with Crippen LogP contribution in [0.15, 0.2) is 62.9 Å². The standard InChI is InChI=1S/C14H9BrFNS/c15-9-1-4-11(5-2-9)18-14-8-17-13-6-3-10(16)7-12(13)14/h1-8,17H. The van der Waals surface area contributed by atoms with Crippen molar-refractivity contribution in [2.75, 3.05) is 0 Å². The monoisotopic (exact) mass is 321 g/mol. The predicted molar refractivity (Wildman–Crippen MR) is 76.5 cm³/mol. The van der Waals surface area contributed by atoms with Crippen molar-refractivity contribution in [2.24, 2.45) is 0 Å². The molecule has 2 aromatic carbocycles. The van der Waals surface area contributed by atoms with Gasteiger partial charge in [0.2, 0.25) is 0 Å². The minimum atomic E-state index is -0.209. The summed E-state index contributed by atoms with van der Waals surface area (Å²) >= 11 is 5.03. The molecule has 3 aromatic rings. The second kappa shape index (κ2) is 4.78. The molecule has 0 spiro atoms. The average Bonchev–Trinajstić information content (AvgIpc) is 2.75. The van der Waals surface area contributed by atoms with Gasteiger partial charge in [-0.25, -0.2) is 4.39 Å². The summed E-state index contributed by atoms with van der Waals surface area (Å²) in [6, 6.07) is 12.9. The van der Waals surface area contributed by atoms with E-state index in [1.807, 2.05) is 30.5 Å². The van der Waals surface area contributed by atoms with E-state index in [0.29, 0.717) is 0 Å². The Balaban J connectivity index is 1.99. The molecule has 0 bridgehead atoms. The molecule has 1 N–H and O–H groups in total. The third-order valence-corrected chi connectivity index (χ3v) is 4.24. The minimum absolute atomic E-state index is 0.209. The Bertz CT molecular complexity index is 691. The summed E-state index contributed by atoms with van der Waals surface area (Å²) < 4.78 is 14.3. The highest BCUT2D eigenvalue weighted by Gasteiger charge is 2.06. The molecule has 0 atom stereocenters. The zero-order chi connectivity index (χ0) is 12.5. The average molecular weight is 322 g/mol. The fourth-order valence-electron chi connectivity index (χ4n) is 1.78. The van der Waals surface area contributed by atoms with E-state index < -0.39 is 0 Å². The van der Waals surface area contributed by atoms with E-state index in [1.165, 1.54) is 6.07 Å². The number of H-pyrrole nitrogens is 1. The van der Waals surface area contributed by atoms with Crippen LogP contribution in [0, 0.1) is 5.82 Å². The van der Waals surface area contributed by atoms with E-state index in [9.17, 15) is 4.39 Å². The number of halogens is 2. The second-order valence-electron chi connectivity index (χ2n) is 3.90. The van der Waals surface area contributed by atoms with Crippen LogP contribution >= 0.6 is 27.7 Å². The van der Waals surface area contributed by atoms with Crippen LogP contribution in [0.25, 0.3) is 10.9 Å². The third-order valence-electron chi connectivity index (χ3n) is 2.65. The normalized spacial score (nSPS) is 11.0. The molecule has 1 aromatic heterocycles. The van der Waals surface area contributed by atoms with Gasteiger partial charge in [-0.05, 0) is 42.5 Å². The third kappa shape index (κ3) is 2.31. The molecule has 0 amide bonds. The van der Waals surface area contributed by atoms with Gasteiger partial charge in [-0.1, -0.05) is 27.7 Å². The van der Waals surface area contributed by atoms with Crippen LogP contribution < -0.4 is 0 Å². The van der Waals surface area contributed by atoms with Crippen LogP contribution in [0.2, 0.25) is 0 Å². The Morgan fingerprint density at radius 2 is 1.83 bits per heavy atom. The summed E-state index contributed by atoms with van der Waals surface area (Å²) in [5.41, 5.74) is 0.955. The SMILES string of the molecule is Fc1ccc2[nH]cc(Sc3ccc(Br)cc3)c2c1. The van der Waals surface area contributed by atoms with Crippen molar-refractivity contribution < 1.29 is 4.39 Å². The maximum absolute atomic E-state index is 13.3. The number of benzene rings is 2. The molecule has 18 heavy (non-hydrogen) atoms. The largest absolute Gasteiger partial charge is 0.360 e. The van der Waals surface area contributed by atoms with Gasteiger partial charge in [-0.15, -0.1) is 0 Å². The minimum Gasteiger partial charge on any atom is -0.360 e. The van der Waals surface area contributed by atoms with Gasteiger partial charge in [0.25, 0.3) is 0 Å². The maximum Gasteiger partial charge on any atom is 0.123 e. The van der Waals surface area contributed by atoms with Crippen LogP contribution in [-0.4, -0.2) is 4.98 Å². The number of rotatable bonds is 2. The van der Waals surface area contributed by atoms with Crippen LogP contribution in [0.4, 0.5) is 4.39 Å². The van der Waals surface area contributed by atoms with Crippen molar-refractivity contribution in [3.63, 3.8) is 0 Å². The molecule has 0 unspecified atom stereocenters. The molecule has 0 saturated carbocycles. The second-order valence-corrected chi connectivity index (χ2v) is 5.93. The van der Waals surface area contributed by atoms with E-state index in [4.69, 9.17) is 0 Å². The van der Waals surface area contributed by atoms with Gasteiger partial charge in [0.05, 0.1) is 0 Å². The van der Waals surface area contributed by atoms with Gasteiger partial charge in [-0.2, -0.15) is 0 Å². The number of aromatic nitrogens is 1. The highest BCUT2D eigenvalue weighted by molar-refractivity contribution is 9.10. The van der Waals surface area contributed by atoms with Gasteiger partial charge in [0.15, 0.2) is 0 Å². The molecule has 0 saturated heterocycles. The molecule has 1 nitrogen and oxygen atoms in total. The summed E-state index contributed by atoms with van der Waals surface area (Å²) in [7, 11) is 0. The summed E-state index contributed by atoms with van der Waals surface area (Å²) in [5.74, 6) is -0.209. The molecule has 3 rings (SSSR count). The molecular weight excluding hydrogens is 313 g/mol. The molecule has 90 valence electrons. The van der Waals surface area contributed by atoms with Crippen molar-refractivity contribution in [3.05, 3.63) is 59.0 Å². The first-order valence-corrected chi connectivity index (χ1v) is 7.03. The smallest absolute Gasteiger partial charge is 0.123 e. The molecule has 1 heterocycles. The molecule has 0 aliphatic rings. The lowest BCUT2D eigenvalue weighted by Crippen LogP contribution is -1.75. The highest BCUT2D eigenvalue weighted by Crippen LogP contribution is 2.34. The Morgan fingerprint density at radius 3 is 2.61 bits per heavy atom. The van der Waals surface area contributed by atoms with Crippen LogP contribution in [-0.2, 0) is 0 Å². The lowest BCUT2D eigenvalue weighted by Gasteiger charge is -2.00. The van der Waals surface area contributed by atoms with E-state index in [0.717, 1.165) is 25.2 Å². The number of hydrogen-bond acceptors (Lipinski definition) is 1. The number of fused-ring (bicyclic) bond motifs is 1. The van der Waals surface area contributed by atoms with Crippen molar-refractivity contribution in [1.82, 2.24) is 4.98 Å². The Kier molecular flexibility index (Phi) is 3.14. The lowest BCUT2D eigenvalue weighted by atomic mass is 10.2. The first-order valence-electron chi connectivity index (χ1n) is 5.42. The fraction of sp³-hybridized carbons (Fsp3) is 0. The summed E-state index contributed by atoms with van der Waals surface area (Å²) in [6.07, 6.45) is 1.91. The predicted octanol–water partition coefficient (Wildman–Crippen LogP) is 5.22. The lowest BCUT2D eigenvalue weighted by molar-refractivity contribution is 0.629. The summed E-state index contributed by atoms with van der Waals surface area (Å²) in [6.45, 7) is 0. The molecule has 0 fully saturated rings. The highest BCUT2D eigenvalue weighted by atomic mass is 79.9. The number of hydrogen-bond donors (Lipinski definition) is 1. The van der Waals surface area contributed by atoms with Gasteiger partial charge in [0, 0.05) is 31.4 Å². The molecule has 0 aliphatic carbocycles. The van der Waals surface area contributed by atoms with Gasteiger partial charge in [-0.3, -0.25) is 0 Å². The zero-order valence-electron chi connectivity index (χ0n) is 9.28. The first kappa shape index (κ1) is 11.8. The fourth-order valence-corrected chi connectivity index (χ4v) is 2.97. The molecular formula is C14H9BrFNS. The maximum atomic E-state index is 13.3. The Labute approximate surface area is 117 Å². The van der Waals surface area contributed by atoms with Crippen molar-refractivity contribution in [1.29, 1.82) is 0 Å². The number of aromatic amines is 1. The molecule has 0 aliphatic heterocycles. The van der Waals surface area contributed by atoms with E-state index in [2.05, 4.69) is 20.9 Å². The van der Waals surface area contributed by atoms with E-state index in [-0.39, 0.29) is 5.82 Å². The van der Waals surface area contributed by atoms with Crippen molar-refractivity contribution >= 4 is 38.6 Å². The topological polar surface area (TPSA) is 15.8 Å². The van der Waals surface area contributed by atoms with E-state index in [1.54, 1.807) is 23.9 Å².